The highest BCUT2D eigenvalue weighted by atomic mass is 16.1. The van der Waals surface area contributed by atoms with Gasteiger partial charge in [0.25, 0.3) is 0 Å². The lowest BCUT2D eigenvalue weighted by molar-refractivity contribution is -0.116. The van der Waals surface area contributed by atoms with Crippen molar-refractivity contribution in [3.8, 4) is 0 Å². The van der Waals surface area contributed by atoms with Gasteiger partial charge in [0.05, 0.1) is 0 Å². The first-order valence-corrected chi connectivity index (χ1v) is 4.23. The Hall–Kier alpha value is -0.790. The molecule has 62 valence electrons. The standard InChI is InChI=1S/C9H15NO/c1-2-9(11)10-7-6-8-4-3-5-8/h2,8H,1,3-7H2,(H,10,11). The van der Waals surface area contributed by atoms with Crippen molar-refractivity contribution in [1.82, 2.24) is 5.32 Å². The molecule has 1 amide bonds. The van der Waals surface area contributed by atoms with E-state index in [1.165, 1.54) is 25.3 Å². The van der Waals surface area contributed by atoms with Gasteiger partial charge in [-0.2, -0.15) is 0 Å². The SMILES string of the molecule is C=CC(=O)NCCC1CCC1. The number of nitrogens with one attached hydrogen (secondary N) is 1. The van der Waals surface area contributed by atoms with Gasteiger partial charge in [0, 0.05) is 6.54 Å². The predicted molar refractivity (Wildman–Crippen MR) is 45.2 cm³/mol. The third-order valence-electron chi connectivity index (χ3n) is 2.26. The topological polar surface area (TPSA) is 29.1 Å². The van der Waals surface area contributed by atoms with E-state index in [4.69, 9.17) is 0 Å². The molecule has 1 rings (SSSR count). The van der Waals surface area contributed by atoms with Crippen molar-refractivity contribution < 1.29 is 4.79 Å². The normalized spacial score (nSPS) is 17.1. The van der Waals surface area contributed by atoms with Gasteiger partial charge >= 0.3 is 0 Å². The molecular weight excluding hydrogens is 138 g/mol. The molecule has 0 radical (unpaired) electrons. The van der Waals surface area contributed by atoms with Gasteiger partial charge in [-0.25, -0.2) is 0 Å². The van der Waals surface area contributed by atoms with E-state index in [1.807, 2.05) is 0 Å². The third-order valence-corrected chi connectivity index (χ3v) is 2.26. The van der Waals surface area contributed by atoms with Crippen LogP contribution in [0.25, 0.3) is 0 Å². The molecule has 0 heterocycles. The quantitative estimate of drug-likeness (QED) is 0.609. The van der Waals surface area contributed by atoms with E-state index in [-0.39, 0.29) is 5.91 Å². The molecule has 1 saturated carbocycles. The Kier molecular flexibility index (Phi) is 3.14. The van der Waals surface area contributed by atoms with Crippen molar-refractivity contribution in [2.24, 2.45) is 5.92 Å². The van der Waals surface area contributed by atoms with E-state index in [1.54, 1.807) is 0 Å². The second-order valence-corrected chi connectivity index (χ2v) is 3.08. The lowest BCUT2D eigenvalue weighted by atomic mass is 9.83. The molecule has 0 spiro atoms. The van der Waals surface area contributed by atoms with Gasteiger partial charge in [0.1, 0.15) is 0 Å². The van der Waals surface area contributed by atoms with Crippen molar-refractivity contribution in [3.63, 3.8) is 0 Å². The zero-order valence-electron chi connectivity index (χ0n) is 6.81. The van der Waals surface area contributed by atoms with E-state index < -0.39 is 0 Å². The van der Waals surface area contributed by atoms with Crippen LogP contribution in [0.15, 0.2) is 12.7 Å². The predicted octanol–water partition coefficient (Wildman–Crippen LogP) is 1.48. The fourth-order valence-electron chi connectivity index (χ4n) is 1.25. The monoisotopic (exact) mass is 153 g/mol. The number of rotatable bonds is 4. The van der Waals surface area contributed by atoms with Crippen molar-refractivity contribution in [1.29, 1.82) is 0 Å². The number of amides is 1. The first-order chi connectivity index (χ1) is 5.33. The summed E-state index contributed by atoms with van der Waals surface area (Å²) in [6.45, 7) is 4.20. The zero-order valence-corrected chi connectivity index (χ0v) is 6.81. The Morgan fingerprint density at radius 1 is 1.64 bits per heavy atom. The lowest BCUT2D eigenvalue weighted by Gasteiger charge is -2.24. The first kappa shape index (κ1) is 8.31. The molecule has 0 aromatic rings. The number of carbonyl (C=O) groups excluding carboxylic acids is 1. The smallest absolute Gasteiger partial charge is 0.243 e. The van der Waals surface area contributed by atoms with E-state index in [2.05, 4.69) is 11.9 Å². The molecular formula is C9H15NO. The molecule has 0 bridgehead atoms. The molecule has 1 fully saturated rings. The average Bonchev–Trinajstić information content (AvgIpc) is 1.94. The third kappa shape index (κ3) is 2.74. The van der Waals surface area contributed by atoms with Crippen molar-refractivity contribution in [3.05, 3.63) is 12.7 Å². The minimum Gasteiger partial charge on any atom is -0.353 e. The lowest BCUT2D eigenvalue weighted by Crippen LogP contribution is -2.25. The van der Waals surface area contributed by atoms with Crippen LogP contribution in [0.4, 0.5) is 0 Å². The minimum atomic E-state index is -0.0516. The van der Waals surface area contributed by atoms with Crippen LogP contribution in [0.3, 0.4) is 0 Å². The van der Waals surface area contributed by atoms with E-state index in [0.717, 1.165) is 18.9 Å². The Bertz CT molecular complexity index is 150. The fraction of sp³-hybridized carbons (Fsp3) is 0.667. The highest BCUT2D eigenvalue weighted by Gasteiger charge is 2.16. The van der Waals surface area contributed by atoms with Gasteiger partial charge in [-0.3, -0.25) is 4.79 Å². The maximum atomic E-state index is 10.7. The van der Waals surface area contributed by atoms with Crippen LogP contribution in [0, 0.1) is 5.92 Å². The summed E-state index contributed by atoms with van der Waals surface area (Å²) in [5.41, 5.74) is 0. The summed E-state index contributed by atoms with van der Waals surface area (Å²) >= 11 is 0. The minimum absolute atomic E-state index is 0.0516. The van der Waals surface area contributed by atoms with Crippen LogP contribution >= 0.6 is 0 Å². The van der Waals surface area contributed by atoms with Crippen molar-refractivity contribution in [2.75, 3.05) is 6.54 Å². The molecule has 1 N–H and O–H groups in total. The van der Waals surface area contributed by atoms with Gasteiger partial charge in [-0.05, 0) is 18.4 Å². The fourth-order valence-corrected chi connectivity index (χ4v) is 1.25. The van der Waals surface area contributed by atoms with E-state index in [9.17, 15) is 4.79 Å². The van der Waals surface area contributed by atoms with Crippen molar-refractivity contribution >= 4 is 5.91 Å². The molecule has 0 unspecified atom stereocenters. The molecule has 0 aromatic heterocycles. The van der Waals surface area contributed by atoms with Crippen molar-refractivity contribution in [2.45, 2.75) is 25.7 Å². The summed E-state index contributed by atoms with van der Waals surface area (Å²) in [7, 11) is 0. The van der Waals surface area contributed by atoms with Gasteiger partial charge in [0.2, 0.25) is 5.91 Å². The molecule has 1 aliphatic carbocycles. The Morgan fingerprint density at radius 2 is 2.36 bits per heavy atom. The summed E-state index contributed by atoms with van der Waals surface area (Å²) in [5.74, 6) is 0.824. The number of hydrogen-bond donors (Lipinski definition) is 1. The molecule has 0 saturated heterocycles. The zero-order chi connectivity index (χ0) is 8.10. The molecule has 0 aromatic carbocycles. The largest absolute Gasteiger partial charge is 0.353 e. The molecule has 0 atom stereocenters. The van der Waals surface area contributed by atoms with Gasteiger partial charge in [0.15, 0.2) is 0 Å². The highest BCUT2D eigenvalue weighted by Crippen LogP contribution is 2.28. The molecule has 2 heteroatoms. The summed E-state index contributed by atoms with van der Waals surface area (Å²) in [5, 5.41) is 2.77. The van der Waals surface area contributed by atoms with Gasteiger partial charge < -0.3 is 5.32 Å². The van der Waals surface area contributed by atoms with Crippen LogP contribution < -0.4 is 5.32 Å². The highest BCUT2D eigenvalue weighted by molar-refractivity contribution is 5.86. The average molecular weight is 153 g/mol. The summed E-state index contributed by atoms with van der Waals surface area (Å²) < 4.78 is 0. The molecule has 2 nitrogen and oxygen atoms in total. The van der Waals surface area contributed by atoms with E-state index in [0.29, 0.717) is 0 Å². The van der Waals surface area contributed by atoms with Crippen LogP contribution in [0.1, 0.15) is 25.7 Å². The maximum Gasteiger partial charge on any atom is 0.243 e. The summed E-state index contributed by atoms with van der Waals surface area (Å²) in [6, 6.07) is 0. The van der Waals surface area contributed by atoms with Gasteiger partial charge in [-0.15, -0.1) is 0 Å². The molecule has 0 aliphatic heterocycles. The number of carbonyl (C=O) groups is 1. The first-order valence-electron chi connectivity index (χ1n) is 4.23. The van der Waals surface area contributed by atoms with Crippen LogP contribution in [0.2, 0.25) is 0 Å². The van der Waals surface area contributed by atoms with Crippen LogP contribution in [0.5, 0.6) is 0 Å². The second kappa shape index (κ2) is 4.16. The van der Waals surface area contributed by atoms with Crippen LogP contribution in [-0.2, 0) is 4.79 Å². The Labute approximate surface area is 67.7 Å². The Morgan fingerprint density at radius 3 is 2.82 bits per heavy atom. The summed E-state index contributed by atoms with van der Waals surface area (Å²) in [6.07, 6.45) is 6.54. The number of hydrogen-bond acceptors (Lipinski definition) is 1. The summed E-state index contributed by atoms with van der Waals surface area (Å²) in [4.78, 5) is 10.7. The Balaban J connectivity index is 1.94. The second-order valence-electron chi connectivity index (χ2n) is 3.08. The van der Waals surface area contributed by atoms with E-state index >= 15 is 0 Å². The molecule has 11 heavy (non-hydrogen) atoms. The van der Waals surface area contributed by atoms with Crippen LogP contribution in [-0.4, -0.2) is 12.5 Å². The maximum absolute atomic E-state index is 10.7. The molecule has 1 aliphatic rings. The van der Waals surface area contributed by atoms with Gasteiger partial charge in [-0.1, -0.05) is 25.8 Å².